The Morgan fingerprint density at radius 1 is 1.17 bits per heavy atom. The lowest BCUT2D eigenvalue weighted by Gasteiger charge is -2.27. The SMILES string of the molecule is CCC(C)(CC)c1ccc(OCCS(C)=O)cc1. The van der Waals surface area contributed by atoms with Gasteiger partial charge in [0.05, 0.1) is 12.4 Å². The van der Waals surface area contributed by atoms with E-state index in [0.717, 1.165) is 18.6 Å². The molecule has 0 bridgehead atoms. The molecule has 0 aliphatic rings. The molecule has 0 aromatic heterocycles. The molecule has 0 aliphatic carbocycles. The van der Waals surface area contributed by atoms with E-state index >= 15 is 0 Å². The Kier molecular flexibility index (Phi) is 5.86. The summed E-state index contributed by atoms with van der Waals surface area (Å²) in [6.07, 6.45) is 3.97. The molecule has 2 nitrogen and oxygen atoms in total. The van der Waals surface area contributed by atoms with Gasteiger partial charge in [-0.3, -0.25) is 4.21 Å². The predicted molar refractivity (Wildman–Crippen MR) is 78.8 cm³/mol. The fourth-order valence-corrected chi connectivity index (χ4v) is 2.21. The number of hydrogen-bond donors (Lipinski definition) is 0. The monoisotopic (exact) mass is 268 g/mol. The summed E-state index contributed by atoms with van der Waals surface area (Å²) in [4.78, 5) is 0. The molecule has 0 spiro atoms. The van der Waals surface area contributed by atoms with Crippen LogP contribution in [0.1, 0.15) is 39.2 Å². The van der Waals surface area contributed by atoms with Crippen LogP contribution in [0.2, 0.25) is 0 Å². The van der Waals surface area contributed by atoms with Crippen LogP contribution in [-0.4, -0.2) is 22.8 Å². The fraction of sp³-hybridized carbons (Fsp3) is 0.600. The molecule has 0 radical (unpaired) electrons. The summed E-state index contributed by atoms with van der Waals surface area (Å²) in [7, 11) is -0.786. The molecular formula is C15H24O2S. The van der Waals surface area contributed by atoms with Crippen molar-refractivity contribution >= 4 is 10.8 Å². The van der Waals surface area contributed by atoms with Crippen LogP contribution >= 0.6 is 0 Å². The minimum absolute atomic E-state index is 0.253. The second-order valence-corrected chi connectivity index (χ2v) is 6.47. The molecule has 3 heteroatoms. The van der Waals surface area contributed by atoms with Crippen LogP contribution in [0.4, 0.5) is 0 Å². The number of rotatable bonds is 7. The zero-order valence-corrected chi connectivity index (χ0v) is 12.7. The first-order chi connectivity index (χ1) is 8.51. The lowest BCUT2D eigenvalue weighted by molar-refractivity contribution is 0.342. The first kappa shape index (κ1) is 15.2. The van der Waals surface area contributed by atoms with Crippen molar-refractivity contribution in [1.29, 1.82) is 0 Å². The third-order valence-corrected chi connectivity index (χ3v) is 4.49. The summed E-state index contributed by atoms with van der Waals surface area (Å²) in [6, 6.07) is 8.31. The van der Waals surface area contributed by atoms with Crippen molar-refractivity contribution in [3.05, 3.63) is 29.8 Å². The van der Waals surface area contributed by atoms with Crippen LogP contribution in [0.25, 0.3) is 0 Å². The summed E-state index contributed by atoms with van der Waals surface area (Å²) < 4.78 is 16.5. The molecule has 0 N–H and O–H groups in total. The van der Waals surface area contributed by atoms with E-state index < -0.39 is 10.8 Å². The highest BCUT2D eigenvalue weighted by Gasteiger charge is 2.21. The van der Waals surface area contributed by atoms with Crippen LogP contribution in [0.5, 0.6) is 5.75 Å². The van der Waals surface area contributed by atoms with Crippen molar-refractivity contribution in [3.8, 4) is 5.75 Å². The van der Waals surface area contributed by atoms with Crippen molar-refractivity contribution in [2.75, 3.05) is 18.6 Å². The first-order valence-electron chi connectivity index (χ1n) is 6.55. The zero-order chi connectivity index (χ0) is 13.6. The maximum absolute atomic E-state index is 10.9. The standard InChI is InChI=1S/C15H24O2S/c1-5-15(3,6-2)13-7-9-14(10-8-13)17-11-12-18(4)16/h7-10H,5-6,11-12H2,1-4H3. The molecular weight excluding hydrogens is 244 g/mol. The van der Waals surface area contributed by atoms with Gasteiger partial charge < -0.3 is 4.74 Å². The van der Waals surface area contributed by atoms with Crippen molar-refractivity contribution in [1.82, 2.24) is 0 Å². The van der Waals surface area contributed by atoms with Gasteiger partial charge in [0.2, 0.25) is 0 Å². The summed E-state index contributed by atoms with van der Waals surface area (Å²) in [5.41, 5.74) is 1.61. The molecule has 102 valence electrons. The van der Waals surface area contributed by atoms with Crippen molar-refractivity contribution in [3.63, 3.8) is 0 Å². The normalized spacial score (nSPS) is 13.3. The molecule has 1 atom stereocenters. The topological polar surface area (TPSA) is 26.3 Å². The highest BCUT2D eigenvalue weighted by Crippen LogP contribution is 2.31. The molecule has 0 saturated heterocycles. The molecule has 0 fully saturated rings. The lowest BCUT2D eigenvalue weighted by atomic mass is 9.78. The van der Waals surface area contributed by atoms with Crippen molar-refractivity contribution in [2.24, 2.45) is 0 Å². The third kappa shape index (κ3) is 4.13. The Morgan fingerprint density at radius 2 is 1.72 bits per heavy atom. The number of hydrogen-bond acceptors (Lipinski definition) is 2. The average Bonchev–Trinajstić information content (AvgIpc) is 2.38. The van der Waals surface area contributed by atoms with Crippen LogP contribution in [-0.2, 0) is 16.2 Å². The van der Waals surface area contributed by atoms with E-state index in [4.69, 9.17) is 4.74 Å². The minimum atomic E-state index is -0.786. The van der Waals surface area contributed by atoms with Gasteiger partial charge in [0, 0.05) is 17.1 Å². The summed E-state index contributed by atoms with van der Waals surface area (Å²) in [6.45, 7) is 7.26. The number of benzene rings is 1. The van der Waals surface area contributed by atoms with Crippen molar-refractivity contribution in [2.45, 2.75) is 39.0 Å². The third-order valence-electron chi connectivity index (χ3n) is 3.75. The Balaban J connectivity index is 2.65. The van der Waals surface area contributed by atoms with Crippen molar-refractivity contribution < 1.29 is 8.95 Å². The molecule has 0 heterocycles. The van der Waals surface area contributed by atoms with E-state index in [1.165, 1.54) is 5.56 Å². The molecule has 1 rings (SSSR count). The maximum Gasteiger partial charge on any atom is 0.119 e. The Bertz CT molecular complexity index is 380. The van der Waals surface area contributed by atoms with Gasteiger partial charge in [0.25, 0.3) is 0 Å². The Hall–Kier alpha value is -0.830. The minimum Gasteiger partial charge on any atom is -0.493 e. The summed E-state index contributed by atoms with van der Waals surface area (Å²) in [5, 5.41) is 0. The smallest absolute Gasteiger partial charge is 0.119 e. The van der Waals surface area contributed by atoms with Gasteiger partial charge >= 0.3 is 0 Å². The lowest BCUT2D eigenvalue weighted by Crippen LogP contribution is -2.19. The zero-order valence-electron chi connectivity index (χ0n) is 11.9. The second-order valence-electron chi connectivity index (χ2n) is 4.92. The Morgan fingerprint density at radius 3 is 2.17 bits per heavy atom. The number of ether oxygens (including phenoxy) is 1. The van der Waals surface area contributed by atoms with Gasteiger partial charge in [0.1, 0.15) is 5.75 Å². The van der Waals surface area contributed by atoms with Gasteiger partial charge in [-0.05, 0) is 36.0 Å². The van der Waals surface area contributed by atoms with E-state index in [9.17, 15) is 4.21 Å². The predicted octanol–water partition coefficient (Wildman–Crippen LogP) is 3.52. The maximum atomic E-state index is 10.9. The molecule has 1 aromatic rings. The van der Waals surface area contributed by atoms with E-state index in [0.29, 0.717) is 12.4 Å². The molecule has 18 heavy (non-hydrogen) atoms. The van der Waals surface area contributed by atoms with Gasteiger partial charge in [0.15, 0.2) is 0 Å². The highest BCUT2D eigenvalue weighted by molar-refractivity contribution is 7.84. The van der Waals surface area contributed by atoms with Gasteiger partial charge in [-0.2, -0.15) is 0 Å². The van der Waals surface area contributed by atoms with Crippen LogP contribution in [0, 0.1) is 0 Å². The molecule has 0 saturated carbocycles. The van der Waals surface area contributed by atoms with Crippen LogP contribution < -0.4 is 4.74 Å². The van der Waals surface area contributed by atoms with E-state index in [1.807, 2.05) is 12.1 Å². The van der Waals surface area contributed by atoms with Gasteiger partial charge in [-0.15, -0.1) is 0 Å². The summed E-state index contributed by atoms with van der Waals surface area (Å²) >= 11 is 0. The highest BCUT2D eigenvalue weighted by atomic mass is 32.2. The first-order valence-corrected chi connectivity index (χ1v) is 8.28. The van der Waals surface area contributed by atoms with E-state index in [-0.39, 0.29) is 5.41 Å². The molecule has 0 amide bonds. The average molecular weight is 268 g/mol. The fourth-order valence-electron chi connectivity index (χ4n) is 1.89. The van der Waals surface area contributed by atoms with E-state index in [1.54, 1.807) is 6.26 Å². The van der Waals surface area contributed by atoms with Crippen LogP contribution in [0.15, 0.2) is 24.3 Å². The second kappa shape index (κ2) is 6.93. The Labute approximate surface area is 113 Å². The largest absolute Gasteiger partial charge is 0.493 e. The van der Waals surface area contributed by atoms with E-state index in [2.05, 4.69) is 32.9 Å². The molecule has 1 aromatic carbocycles. The molecule has 0 aliphatic heterocycles. The van der Waals surface area contributed by atoms with Gasteiger partial charge in [-0.1, -0.05) is 32.9 Å². The van der Waals surface area contributed by atoms with Gasteiger partial charge in [-0.25, -0.2) is 0 Å². The molecule has 1 unspecified atom stereocenters. The quantitative estimate of drug-likeness (QED) is 0.756. The summed E-state index contributed by atoms with van der Waals surface area (Å²) in [5.74, 6) is 1.45. The van der Waals surface area contributed by atoms with Crippen LogP contribution in [0.3, 0.4) is 0 Å².